The first-order valence-electron chi connectivity index (χ1n) is 6.10. The van der Waals surface area contributed by atoms with Gasteiger partial charge in [-0.15, -0.1) is 0 Å². The Morgan fingerprint density at radius 2 is 2.06 bits per heavy atom. The van der Waals surface area contributed by atoms with E-state index in [0.717, 1.165) is 24.0 Å². The summed E-state index contributed by atoms with van der Waals surface area (Å²) < 4.78 is 9.91. The molecule has 0 unspecified atom stereocenters. The van der Waals surface area contributed by atoms with Crippen LogP contribution < -0.4 is 5.32 Å². The molecule has 1 aromatic rings. The van der Waals surface area contributed by atoms with E-state index >= 15 is 0 Å². The molecule has 0 radical (unpaired) electrons. The molecule has 4 nitrogen and oxygen atoms in total. The van der Waals surface area contributed by atoms with Crippen molar-refractivity contribution >= 4 is 5.97 Å². The van der Waals surface area contributed by atoms with Crippen molar-refractivity contribution in [2.24, 2.45) is 0 Å². The standard InChI is InChI=1S/C14H19NO3/c1-17-10-12-5-3-4-11(8-12)9-15-14(6-7-14)13(16)18-2/h3-5,8,15H,6-7,9-10H2,1-2H3. The Kier molecular flexibility index (Phi) is 3.99. The molecule has 0 aromatic heterocycles. The molecule has 1 aliphatic rings. The molecule has 1 aliphatic carbocycles. The highest BCUT2D eigenvalue weighted by Gasteiger charge is 2.50. The van der Waals surface area contributed by atoms with Crippen molar-refractivity contribution in [3.05, 3.63) is 35.4 Å². The summed E-state index contributed by atoms with van der Waals surface area (Å²) in [5.41, 5.74) is 1.85. The van der Waals surface area contributed by atoms with Crippen molar-refractivity contribution in [1.82, 2.24) is 5.32 Å². The van der Waals surface area contributed by atoms with E-state index in [-0.39, 0.29) is 5.97 Å². The number of hydrogen-bond acceptors (Lipinski definition) is 4. The van der Waals surface area contributed by atoms with Gasteiger partial charge in [0.25, 0.3) is 0 Å². The zero-order valence-electron chi connectivity index (χ0n) is 10.9. The van der Waals surface area contributed by atoms with E-state index in [0.29, 0.717) is 13.2 Å². The largest absolute Gasteiger partial charge is 0.468 e. The van der Waals surface area contributed by atoms with Gasteiger partial charge >= 0.3 is 5.97 Å². The summed E-state index contributed by atoms with van der Waals surface area (Å²) in [6, 6.07) is 8.16. The van der Waals surface area contributed by atoms with E-state index in [4.69, 9.17) is 9.47 Å². The van der Waals surface area contributed by atoms with Crippen LogP contribution in [0.2, 0.25) is 0 Å². The molecular weight excluding hydrogens is 230 g/mol. The predicted octanol–water partition coefficient (Wildman–Crippen LogP) is 1.63. The Morgan fingerprint density at radius 3 is 2.67 bits per heavy atom. The fraction of sp³-hybridized carbons (Fsp3) is 0.500. The number of hydrogen-bond donors (Lipinski definition) is 1. The topological polar surface area (TPSA) is 47.6 Å². The number of benzene rings is 1. The summed E-state index contributed by atoms with van der Waals surface area (Å²) in [6.45, 7) is 1.28. The van der Waals surface area contributed by atoms with Crippen LogP contribution in [0.15, 0.2) is 24.3 Å². The lowest BCUT2D eigenvalue weighted by atomic mass is 10.1. The maximum absolute atomic E-state index is 11.6. The third-order valence-electron chi connectivity index (χ3n) is 3.26. The van der Waals surface area contributed by atoms with Crippen molar-refractivity contribution in [3.63, 3.8) is 0 Å². The molecule has 98 valence electrons. The first kappa shape index (κ1) is 13.1. The second-order valence-electron chi connectivity index (χ2n) is 4.68. The van der Waals surface area contributed by atoms with E-state index in [1.165, 1.54) is 7.11 Å². The quantitative estimate of drug-likeness (QED) is 0.778. The van der Waals surface area contributed by atoms with Crippen molar-refractivity contribution < 1.29 is 14.3 Å². The molecule has 1 aromatic carbocycles. The first-order chi connectivity index (χ1) is 8.70. The molecule has 1 N–H and O–H groups in total. The van der Waals surface area contributed by atoms with Crippen LogP contribution in [0.25, 0.3) is 0 Å². The lowest BCUT2D eigenvalue weighted by molar-refractivity contribution is -0.144. The fourth-order valence-corrected chi connectivity index (χ4v) is 2.04. The third kappa shape index (κ3) is 2.89. The van der Waals surface area contributed by atoms with E-state index in [9.17, 15) is 4.79 Å². The van der Waals surface area contributed by atoms with Crippen LogP contribution in [0, 0.1) is 0 Å². The molecule has 1 fully saturated rings. The second-order valence-corrected chi connectivity index (χ2v) is 4.68. The molecule has 0 bridgehead atoms. The normalized spacial score (nSPS) is 16.3. The van der Waals surface area contributed by atoms with Crippen molar-refractivity contribution in [2.75, 3.05) is 14.2 Å². The molecule has 0 atom stereocenters. The van der Waals surface area contributed by atoms with E-state index in [1.54, 1.807) is 7.11 Å². The molecule has 2 rings (SSSR count). The lowest BCUT2D eigenvalue weighted by Crippen LogP contribution is -2.39. The van der Waals surface area contributed by atoms with Gasteiger partial charge in [0.1, 0.15) is 5.54 Å². The van der Waals surface area contributed by atoms with Gasteiger partial charge in [-0.1, -0.05) is 24.3 Å². The van der Waals surface area contributed by atoms with Crippen LogP contribution in [0.4, 0.5) is 0 Å². The number of esters is 1. The van der Waals surface area contributed by atoms with E-state index in [2.05, 4.69) is 11.4 Å². The predicted molar refractivity (Wildman–Crippen MR) is 68.0 cm³/mol. The minimum absolute atomic E-state index is 0.157. The minimum Gasteiger partial charge on any atom is -0.468 e. The molecule has 0 heterocycles. The molecule has 0 amide bonds. The third-order valence-corrected chi connectivity index (χ3v) is 3.26. The molecule has 0 aliphatic heterocycles. The molecule has 0 saturated heterocycles. The summed E-state index contributed by atoms with van der Waals surface area (Å²) >= 11 is 0. The number of carbonyl (C=O) groups is 1. The summed E-state index contributed by atoms with van der Waals surface area (Å²) in [7, 11) is 3.12. The van der Waals surface area contributed by atoms with Gasteiger partial charge in [0.05, 0.1) is 13.7 Å². The lowest BCUT2D eigenvalue weighted by Gasteiger charge is -2.15. The van der Waals surface area contributed by atoms with E-state index < -0.39 is 5.54 Å². The molecule has 4 heteroatoms. The van der Waals surface area contributed by atoms with Gasteiger partial charge in [0, 0.05) is 13.7 Å². The van der Waals surface area contributed by atoms with Crippen LogP contribution in [0.1, 0.15) is 24.0 Å². The van der Waals surface area contributed by atoms with Gasteiger partial charge in [-0.25, -0.2) is 0 Å². The van der Waals surface area contributed by atoms with Crippen molar-refractivity contribution in [2.45, 2.75) is 31.5 Å². The average Bonchev–Trinajstić information content (AvgIpc) is 3.18. The maximum atomic E-state index is 11.6. The monoisotopic (exact) mass is 249 g/mol. The summed E-state index contributed by atoms with van der Waals surface area (Å²) in [4.78, 5) is 11.6. The highest BCUT2D eigenvalue weighted by Crippen LogP contribution is 2.36. The minimum atomic E-state index is -0.438. The second kappa shape index (κ2) is 5.50. The Balaban J connectivity index is 1.94. The van der Waals surface area contributed by atoms with E-state index in [1.807, 2.05) is 18.2 Å². The zero-order valence-corrected chi connectivity index (χ0v) is 10.9. The van der Waals surface area contributed by atoms with Crippen molar-refractivity contribution in [1.29, 1.82) is 0 Å². The summed E-state index contributed by atoms with van der Waals surface area (Å²) in [5, 5.41) is 3.29. The SMILES string of the molecule is COCc1cccc(CNC2(C(=O)OC)CC2)c1. The number of ether oxygens (including phenoxy) is 2. The number of rotatable bonds is 6. The van der Waals surface area contributed by atoms with Gasteiger partial charge in [-0.3, -0.25) is 10.1 Å². The van der Waals surface area contributed by atoms with Crippen molar-refractivity contribution in [3.8, 4) is 0 Å². The highest BCUT2D eigenvalue weighted by molar-refractivity contribution is 5.84. The summed E-state index contributed by atoms with van der Waals surface area (Å²) in [6.07, 6.45) is 1.72. The Hall–Kier alpha value is -1.39. The summed E-state index contributed by atoms with van der Waals surface area (Å²) in [5.74, 6) is -0.157. The number of carbonyl (C=O) groups excluding carboxylic acids is 1. The highest BCUT2D eigenvalue weighted by atomic mass is 16.5. The molecular formula is C14H19NO3. The number of nitrogens with one attached hydrogen (secondary N) is 1. The molecule has 18 heavy (non-hydrogen) atoms. The molecule has 1 saturated carbocycles. The van der Waals surface area contributed by atoms with Gasteiger partial charge in [0.2, 0.25) is 0 Å². The van der Waals surface area contributed by atoms with Crippen LogP contribution in [-0.2, 0) is 27.4 Å². The van der Waals surface area contributed by atoms with Crippen LogP contribution in [0.3, 0.4) is 0 Å². The van der Waals surface area contributed by atoms with Gasteiger partial charge in [-0.2, -0.15) is 0 Å². The van der Waals surface area contributed by atoms with Crippen LogP contribution >= 0.6 is 0 Å². The molecule has 0 spiro atoms. The first-order valence-corrected chi connectivity index (χ1v) is 6.10. The van der Waals surface area contributed by atoms with Gasteiger partial charge < -0.3 is 9.47 Å². The van der Waals surface area contributed by atoms with Gasteiger partial charge in [0.15, 0.2) is 0 Å². The van der Waals surface area contributed by atoms with Crippen LogP contribution in [-0.4, -0.2) is 25.7 Å². The van der Waals surface area contributed by atoms with Gasteiger partial charge in [-0.05, 0) is 24.0 Å². The van der Waals surface area contributed by atoms with Crippen LogP contribution in [0.5, 0.6) is 0 Å². The average molecular weight is 249 g/mol. The Labute approximate surface area is 107 Å². The Bertz CT molecular complexity index is 427. The smallest absolute Gasteiger partial charge is 0.326 e. The zero-order chi connectivity index (χ0) is 13.0. The maximum Gasteiger partial charge on any atom is 0.326 e. The fourth-order valence-electron chi connectivity index (χ4n) is 2.04. The Morgan fingerprint density at radius 1 is 1.33 bits per heavy atom. The number of methoxy groups -OCH3 is 2.